The summed E-state index contributed by atoms with van der Waals surface area (Å²) >= 11 is 0. The molecule has 3 nitrogen and oxygen atoms in total. The van der Waals surface area contributed by atoms with Gasteiger partial charge in [0.2, 0.25) is 12.0 Å². The van der Waals surface area contributed by atoms with Crippen molar-refractivity contribution >= 4 is 6.40 Å². The highest BCUT2D eigenvalue weighted by Gasteiger charge is 2.56. The summed E-state index contributed by atoms with van der Waals surface area (Å²) in [6, 6.07) is 0. The molecule has 1 aliphatic rings. The molecule has 0 radical (unpaired) electrons. The van der Waals surface area contributed by atoms with E-state index in [1.807, 2.05) is 0 Å². The van der Waals surface area contributed by atoms with Crippen LogP contribution in [0.4, 0.5) is 26.3 Å². The molecule has 0 unspecified atom stereocenters. The third-order valence-corrected chi connectivity index (χ3v) is 1.11. The molecule has 0 aliphatic carbocycles. The zero-order chi connectivity index (χ0) is 11.0. The van der Waals surface area contributed by atoms with E-state index in [4.69, 9.17) is 0 Å². The van der Waals surface area contributed by atoms with Gasteiger partial charge in [-0.15, -0.1) is 0 Å². The first-order valence-corrected chi connectivity index (χ1v) is 2.97. The number of hydrogen-bond acceptors (Lipinski definition) is 3. The Morgan fingerprint density at radius 1 is 1.07 bits per heavy atom. The Labute approximate surface area is 72.6 Å². The van der Waals surface area contributed by atoms with E-state index in [1.54, 1.807) is 0 Å². The van der Waals surface area contributed by atoms with Crippen LogP contribution in [0.3, 0.4) is 0 Å². The summed E-state index contributed by atoms with van der Waals surface area (Å²) in [5.41, 5.74) is -2.86. The summed E-state index contributed by atoms with van der Waals surface area (Å²) in [6.07, 6.45) is -10.9. The molecule has 0 spiro atoms. The Morgan fingerprint density at radius 3 is 1.86 bits per heavy atom. The van der Waals surface area contributed by atoms with Crippen LogP contribution < -0.4 is 0 Å². The van der Waals surface area contributed by atoms with Crippen LogP contribution in [-0.2, 0) is 9.57 Å². The normalized spacial score (nSPS) is 16.6. The van der Waals surface area contributed by atoms with E-state index in [-0.39, 0.29) is 0 Å². The SMILES string of the molecule is FC(F)(F)C(=C1OC=NO1)C(F)(F)F. The van der Waals surface area contributed by atoms with Crippen LogP contribution in [0.1, 0.15) is 0 Å². The maximum absolute atomic E-state index is 11.9. The Balaban J connectivity index is 3.13. The molecule has 1 heterocycles. The molecule has 0 aromatic carbocycles. The number of hydrogen-bond donors (Lipinski definition) is 0. The van der Waals surface area contributed by atoms with E-state index >= 15 is 0 Å². The molecule has 0 atom stereocenters. The average Bonchev–Trinajstić information content (AvgIpc) is 2.31. The molecule has 0 saturated heterocycles. The van der Waals surface area contributed by atoms with Crippen molar-refractivity contribution in [3.05, 3.63) is 11.5 Å². The van der Waals surface area contributed by atoms with Gasteiger partial charge in [0.05, 0.1) is 0 Å². The summed E-state index contributed by atoms with van der Waals surface area (Å²) < 4.78 is 75.0. The summed E-state index contributed by atoms with van der Waals surface area (Å²) in [5, 5.41) is 2.61. The molecule has 0 aromatic heterocycles. The Hall–Kier alpha value is -1.41. The molecule has 14 heavy (non-hydrogen) atoms. The number of alkyl halides is 6. The lowest BCUT2D eigenvalue weighted by Crippen LogP contribution is -2.28. The van der Waals surface area contributed by atoms with Gasteiger partial charge in [-0.2, -0.15) is 26.3 Å². The van der Waals surface area contributed by atoms with Gasteiger partial charge < -0.3 is 9.57 Å². The highest BCUT2D eigenvalue weighted by Crippen LogP contribution is 2.41. The van der Waals surface area contributed by atoms with E-state index in [1.165, 1.54) is 0 Å². The maximum Gasteiger partial charge on any atom is 0.428 e. The first kappa shape index (κ1) is 10.7. The third kappa shape index (κ3) is 2.09. The monoisotopic (exact) mass is 221 g/mol. The van der Waals surface area contributed by atoms with Gasteiger partial charge in [0.15, 0.2) is 0 Å². The summed E-state index contributed by atoms with van der Waals surface area (Å²) in [7, 11) is 0. The summed E-state index contributed by atoms with van der Waals surface area (Å²) in [4.78, 5) is 3.65. The minimum atomic E-state index is -5.61. The summed E-state index contributed by atoms with van der Waals surface area (Å²) in [6.45, 7) is 0. The van der Waals surface area contributed by atoms with Crippen molar-refractivity contribution in [3.63, 3.8) is 0 Å². The molecule has 0 saturated carbocycles. The molecule has 0 N–H and O–H groups in total. The van der Waals surface area contributed by atoms with E-state index in [0.29, 0.717) is 6.40 Å². The minimum Gasteiger partial charge on any atom is -0.409 e. The second-order valence-corrected chi connectivity index (χ2v) is 2.08. The zero-order valence-corrected chi connectivity index (χ0v) is 6.11. The van der Waals surface area contributed by atoms with Gasteiger partial charge in [0.25, 0.3) is 0 Å². The summed E-state index contributed by atoms with van der Waals surface area (Å²) in [5.74, 6) is -1.72. The van der Waals surface area contributed by atoms with Crippen LogP contribution >= 0.6 is 0 Å². The van der Waals surface area contributed by atoms with Crippen LogP contribution in [0.25, 0.3) is 0 Å². The lowest BCUT2D eigenvalue weighted by molar-refractivity contribution is -0.179. The lowest BCUT2D eigenvalue weighted by Gasteiger charge is -2.14. The number of nitrogens with zero attached hydrogens (tertiary/aromatic N) is 1. The number of oxime groups is 1. The predicted molar refractivity (Wildman–Crippen MR) is 29.8 cm³/mol. The fourth-order valence-electron chi connectivity index (χ4n) is 0.657. The second-order valence-electron chi connectivity index (χ2n) is 2.08. The van der Waals surface area contributed by atoms with Gasteiger partial charge in [0, 0.05) is 0 Å². The van der Waals surface area contributed by atoms with Crippen molar-refractivity contribution in [2.45, 2.75) is 12.4 Å². The molecule has 0 bridgehead atoms. The van der Waals surface area contributed by atoms with Crippen molar-refractivity contribution in [1.82, 2.24) is 0 Å². The molecule has 80 valence electrons. The first-order chi connectivity index (χ1) is 6.23. The Morgan fingerprint density at radius 2 is 1.57 bits per heavy atom. The average molecular weight is 221 g/mol. The fraction of sp³-hybridized carbons (Fsp3) is 0.400. The minimum absolute atomic E-state index is 0.326. The maximum atomic E-state index is 11.9. The largest absolute Gasteiger partial charge is 0.428 e. The van der Waals surface area contributed by atoms with Gasteiger partial charge in [-0.25, -0.2) is 0 Å². The van der Waals surface area contributed by atoms with Crippen molar-refractivity contribution in [1.29, 1.82) is 0 Å². The van der Waals surface area contributed by atoms with Crippen LogP contribution in [0.2, 0.25) is 0 Å². The Kier molecular flexibility index (Phi) is 2.34. The third-order valence-electron chi connectivity index (χ3n) is 1.11. The first-order valence-electron chi connectivity index (χ1n) is 2.97. The van der Waals surface area contributed by atoms with Gasteiger partial charge >= 0.3 is 18.3 Å². The number of rotatable bonds is 0. The van der Waals surface area contributed by atoms with E-state index in [2.05, 4.69) is 14.7 Å². The molecule has 9 heteroatoms. The Bertz CT molecular complexity index is 262. The molecule has 1 rings (SSSR count). The second kappa shape index (κ2) is 3.07. The molecular weight excluding hydrogens is 220 g/mol. The van der Waals surface area contributed by atoms with Crippen molar-refractivity contribution in [2.75, 3.05) is 0 Å². The van der Waals surface area contributed by atoms with E-state index in [9.17, 15) is 26.3 Å². The van der Waals surface area contributed by atoms with Crippen molar-refractivity contribution < 1.29 is 35.9 Å². The topological polar surface area (TPSA) is 30.8 Å². The molecular formula is C5HF6NO2. The molecule has 0 fully saturated rings. The molecule has 0 aromatic rings. The molecule has 0 amide bonds. The quantitative estimate of drug-likeness (QED) is 0.587. The van der Waals surface area contributed by atoms with Gasteiger partial charge in [-0.05, 0) is 5.16 Å². The van der Waals surface area contributed by atoms with E-state index in [0.717, 1.165) is 0 Å². The standard InChI is InChI=1S/C5HF6NO2/c6-4(7,8)2(5(9,10)11)3-13-1-12-14-3/h1H. The fourth-order valence-corrected chi connectivity index (χ4v) is 0.657. The zero-order valence-electron chi connectivity index (χ0n) is 6.11. The van der Waals surface area contributed by atoms with Crippen LogP contribution in [0.15, 0.2) is 16.7 Å². The lowest BCUT2D eigenvalue weighted by atomic mass is 10.2. The van der Waals surface area contributed by atoms with Crippen LogP contribution in [0.5, 0.6) is 0 Å². The van der Waals surface area contributed by atoms with Crippen molar-refractivity contribution in [3.8, 4) is 0 Å². The van der Waals surface area contributed by atoms with Crippen LogP contribution in [0, 0.1) is 0 Å². The highest BCUT2D eigenvalue weighted by molar-refractivity contribution is 5.49. The van der Waals surface area contributed by atoms with Crippen LogP contribution in [-0.4, -0.2) is 18.8 Å². The number of allylic oxidation sites excluding steroid dienone is 1. The predicted octanol–water partition coefficient (Wildman–Crippen LogP) is 2.31. The number of ether oxygens (including phenoxy) is 1. The smallest absolute Gasteiger partial charge is 0.409 e. The number of halogens is 6. The highest BCUT2D eigenvalue weighted by atomic mass is 19.4. The van der Waals surface area contributed by atoms with Gasteiger partial charge in [-0.3, -0.25) is 0 Å². The molecule has 1 aliphatic heterocycles. The van der Waals surface area contributed by atoms with Crippen molar-refractivity contribution in [2.24, 2.45) is 5.16 Å². The van der Waals surface area contributed by atoms with E-state index < -0.39 is 23.9 Å². The van der Waals surface area contributed by atoms with Gasteiger partial charge in [-0.1, -0.05) is 0 Å². The van der Waals surface area contributed by atoms with Gasteiger partial charge in [0.1, 0.15) is 0 Å².